The van der Waals surface area contributed by atoms with Gasteiger partial charge < -0.3 is 20.1 Å². The number of anilines is 1. The van der Waals surface area contributed by atoms with Crippen molar-refractivity contribution in [1.29, 1.82) is 0 Å². The molecule has 0 bridgehead atoms. The molecule has 0 atom stereocenters. The van der Waals surface area contributed by atoms with Gasteiger partial charge in [0, 0.05) is 36.8 Å². The van der Waals surface area contributed by atoms with E-state index >= 15 is 0 Å². The van der Waals surface area contributed by atoms with Gasteiger partial charge in [0.1, 0.15) is 0 Å². The van der Waals surface area contributed by atoms with Crippen LogP contribution in [0.4, 0.5) is 5.69 Å². The third-order valence-electron chi connectivity index (χ3n) is 5.00. The Kier molecular flexibility index (Phi) is 6.07. The lowest BCUT2D eigenvalue weighted by Gasteiger charge is -2.16. The molecule has 4 rings (SSSR count). The summed E-state index contributed by atoms with van der Waals surface area (Å²) < 4.78 is 5.21. The molecule has 1 aliphatic rings. The molecule has 2 N–H and O–H groups in total. The highest BCUT2D eigenvalue weighted by Crippen LogP contribution is 2.22. The number of nitrogens with one attached hydrogen (secondary N) is 2. The Morgan fingerprint density at radius 2 is 1.87 bits per heavy atom. The first-order valence-corrected chi connectivity index (χ1v) is 10.1. The Morgan fingerprint density at radius 3 is 2.65 bits per heavy atom. The lowest BCUT2D eigenvalue weighted by atomic mass is 10.1. The quantitative estimate of drug-likeness (QED) is 0.614. The van der Waals surface area contributed by atoms with Crippen LogP contribution in [0, 0.1) is 0 Å². The fourth-order valence-electron chi connectivity index (χ4n) is 3.39. The number of aromatic nitrogens is 1. The van der Waals surface area contributed by atoms with Crippen molar-refractivity contribution in [3.05, 3.63) is 71.9 Å². The molecule has 1 aliphatic heterocycles. The first-order chi connectivity index (χ1) is 15.1. The molecule has 1 saturated heterocycles. The Balaban J connectivity index is 1.27. The number of hydrogen-bond acceptors (Lipinski definition) is 5. The van der Waals surface area contributed by atoms with Crippen molar-refractivity contribution in [2.45, 2.75) is 19.4 Å². The van der Waals surface area contributed by atoms with Crippen molar-refractivity contribution in [3.63, 3.8) is 0 Å². The van der Waals surface area contributed by atoms with Gasteiger partial charge in [-0.15, -0.1) is 0 Å². The van der Waals surface area contributed by atoms with Crippen LogP contribution in [-0.2, 0) is 16.1 Å². The van der Waals surface area contributed by atoms with Crippen LogP contribution in [0.15, 0.2) is 65.2 Å². The van der Waals surface area contributed by atoms with E-state index in [-0.39, 0.29) is 24.1 Å². The summed E-state index contributed by atoms with van der Waals surface area (Å²) in [7, 11) is 0. The summed E-state index contributed by atoms with van der Waals surface area (Å²) >= 11 is 0. The van der Waals surface area contributed by atoms with E-state index in [0.717, 1.165) is 23.2 Å². The molecular weight excluding hydrogens is 396 g/mol. The maximum Gasteiger partial charge on any atom is 0.273 e. The third-order valence-corrected chi connectivity index (χ3v) is 5.00. The summed E-state index contributed by atoms with van der Waals surface area (Å²) in [4.78, 5) is 38.0. The molecule has 0 unspecified atom stereocenters. The van der Waals surface area contributed by atoms with E-state index in [4.69, 9.17) is 4.52 Å². The lowest BCUT2D eigenvalue weighted by Crippen LogP contribution is -2.36. The number of amides is 3. The number of carbonyl (C=O) groups excluding carboxylic acids is 3. The topological polar surface area (TPSA) is 105 Å². The van der Waals surface area contributed by atoms with Crippen LogP contribution in [0.1, 0.15) is 28.9 Å². The monoisotopic (exact) mass is 418 g/mol. The van der Waals surface area contributed by atoms with Crippen LogP contribution in [-0.4, -0.2) is 36.0 Å². The normalized spacial score (nSPS) is 13.3. The highest BCUT2D eigenvalue weighted by atomic mass is 16.5. The van der Waals surface area contributed by atoms with Gasteiger partial charge in [0.05, 0.1) is 6.54 Å². The highest BCUT2D eigenvalue weighted by Gasteiger charge is 2.21. The van der Waals surface area contributed by atoms with Gasteiger partial charge in [0.2, 0.25) is 11.8 Å². The molecule has 8 nitrogen and oxygen atoms in total. The second-order valence-corrected chi connectivity index (χ2v) is 7.22. The zero-order valence-corrected chi connectivity index (χ0v) is 16.8. The van der Waals surface area contributed by atoms with E-state index in [1.807, 2.05) is 54.6 Å². The van der Waals surface area contributed by atoms with E-state index in [1.165, 1.54) is 6.07 Å². The van der Waals surface area contributed by atoms with Gasteiger partial charge in [0.15, 0.2) is 11.5 Å². The smallest absolute Gasteiger partial charge is 0.273 e. The minimum Gasteiger partial charge on any atom is -0.355 e. The molecule has 1 fully saturated rings. The zero-order valence-electron chi connectivity index (χ0n) is 16.8. The summed E-state index contributed by atoms with van der Waals surface area (Å²) in [5.74, 6) is -0.225. The van der Waals surface area contributed by atoms with E-state index < -0.39 is 5.91 Å². The van der Waals surface area contributed by atoms with Crippen molar-refractivity contribution in [3.8, 4) is 11.3 Å². The Bertz CT molecular complexity index is 1090. The molecule has 1 aromatic heterocycles. The van der Waals surface area contributed by atoms with Gasteiger partial charge >= 0.3 is 0 Å². The van der Waals surface area contributed by atoms with Crippen LogP contribution in [0.25, 0.3) is 11.3 Å². The minimum absolute atomic E-state index is 0.106. The molecule has 8 heteroatoms. The summed E-state index contributed by atoms with van der Waals surface area (Å²) in [6, 6.07) is 18.4. The maximum atomic E-state index is 12.2. The van der Waals surface area contributed by atoms with E-state index in [1.54, 1.807) is 4.90 Å². The standard InChI is InChI=1S/C23H22N4O4/c28-21(24-14-16-6-4-9-18(12-16)27-11-5-10-22(27)29)15-25-23(30)19-13-20(31-26-19)17-7-2-1-3-8-17/h1-4,6-9,12-13H,5,10-11,14-15H2,(H,24,28)(H,25,30). The average molecular weight is 418 g/mol. The van der Waals surface area contributed by atoms with Gasteiger partial charge in [-0.1, -0.05) is 47.6 Å². The van der Waals surface area contributed by atoms with Crippen molar-refractivity contribution >= 4 is 23.4 Å². The predicted octanol–water partition coefficient (Wildman–Crippen LogP) is 2.51. The summed E-state index contributed by atoms with van der Waals surface area (Å²) in [6.45, 7) is 0.831. The molecule has 3 amide bonds. The van der Waals surface area contributed by atoms with Gasteiger partial charge in [-0.3, -0.25) is 14.4 Å². The fraction of sp³-hybridized carbons (Fsp3) is 0.217. The Hall–Kier alpha value is -3.94. The lowest BCUT2D eigenvalue weighted by molar-refractivity contribution is -0.120. The summed E-state index contributed by atoms with van der Waals surface area (Å²) in [5, 5.41) is 9.07. The van der Waals surface area contributed by atoms with Crippen molar-refractivity contribution in [2.75, 3.05) is 18.0 Å². The second-order valence-electron chi connectivity index (χ2n) is 7.22. The van der Waals surface area contributed by atoms with Crippen LogP contribution in [0.2, 0.25) is 0 Å². The molecule has 31 heavy (non-hydrogen) atoms. The first kappa shape index (κ1) is 20.3. The Labute approximate surface area is 179 Å². The van der Waals surface area contributed by atoms with E-state index in [2.05, 4.69) is 15.8 Å². The van der Waals surface area contributed by atoms with Gasteiger partial charge in [-0.25, -0.2) is 0 Å². The maximum absolute atomic E-state index is 12.2. The SMILES string of the molecule is O=C(CNC(=O)c1cc(-c2ccccc2)on1)NCc1cccc(N2CCCC2=O)c1. The van der Waals surface area contributed by atoms with Gasteiger partial charge in [0.25, 0.3) is 5.91 Å². The van der Waals surface area contributed by atoms with E-state index in [9.17, 15) is 14.4 Å². The number of nitrogens with zero attached hydrogens (tertiary/aromatic N) is 2. The molecule has 158 valence electrons. The second kappa shape index (κ2) is 9.25. The molecule has 0 saturated carbocycles. The molecule has 0 aliphatic carbocycles. The van der Waals surface area contributed by atoms with Crippen LogP contribution < -0.4 is 15.5 Å². The molecule has 2 heterocycles. The van der Waals surface area contributed by atoms with Crippen molar-refractivity contribution < 1.29 is 18.9 Å². The highest BCUT2D eigenvalue weighted by molar-refractivity contribution is 5.96. The summed E-state index contributed by atoms with van der Waals surface area (Å²) in [5.41, 5.74) is 2.63. The number of rotatable bonds is 7. The van der Waals surface area contributed by atoms with Crippen molar-refractivity contribution in [1.82, 2.24) is 15.8 Å². The molecule has 0 spiro atoms. The number of carbonyl (C=O) groups is 3. The van der Waals surface area contributed by atoms with Crippen LogP contribution >= 0.6 is 0 Å². The van der Waals surface area contributed by atoms with Crippen molar-refractivity contribution in [2.24, 2.45) is 0 Å². The Morgan fingerprint density at radius 1 is 1.03 bits per heavy atom. The zero-order chi connectivity index (χ0) is 21.6. The third kappa shape index (κ3) is 4.98. The summed E-state index contributed by atoms with van der Waals surface area (Å²) in [6.07, 6.45) is 1.43. The average Bonchev–Trinajstić information content (AvgIpc) is 3.46. The van der Waals surface area contributed by atoms with Gasteiger partial charge in [-0.05, 0) is 24.1 Å². The van der Waals surface area contributed by atoms with Crippen LogP contribution in [0.3, 0.4) is 0 Å². The fourth-order valence-corrected chi connectivity index (χ4v) is 3.39. The van der Waals surface area contributed by atoms with Gasteiger partial charge in [-0.2, -0.15) is 0 Å². The molecule has 2 aromatic carbocycles. The number of benzene rings is 2. The van der Waals surface area contributed by atoms with E-state index in [0.29, 0.717) is 25.3 Å². The molecule has 0 radical (unpaired) electrons. The van der Waals surface area contributed by atoms with Crippen LogP contribution in [0.5, 0.6) is 0 Å². The predicted molar refractivity (Wildman–Crippen MR) is 114 cm³/mol. The molecular formula is C23H22N4O4. The molecule has 3 aromatic rings. The first-order valence-electron chi connectivity index (χ1n) is 10.1. The number of hydrogen-bond donors (Lipinski definition) is 2. The largest absolute Gasteiger partial charge is 0.355 e. The minimum atomic E-state index is -0.490.